The molecule has 5 heteroatoms. The molecule has 1 fully saturated rings. The molecule has 5 rings (SSSR count). The van der Waals surface area contributed by atoms with E-state index in [-0.39, 0.29) is 0 Å². The van der Waals surface area contributed by atoms with E-state index in [2.05, 4.69) is 34.0 Å². The molecule has 0 atom stereocenters. The van der Waals surface area contributed by atoms with E-state index in [1.807, 2.05) is 12.1 Å². The van der Waals surface area contributed by atoms with Gasteiger partial charge in [0, 0.05) is 61.8 Å². The van der Waals surface area contributed by atoms with E-state index in [0.717, 1.165) is 43.2 Å². The lowest BCUT2D eigenvalue weighted by Crippen LogP contribution is -2.31. The van der Waals surface area contributed by atoms with Gasteiger partial charge in [-0.2, -0.15) is 0 Å². The van der Waals surface area contributed by atoms with Gasteiger partial charge in [0.25, 0.3) is 0 Å². The first-order chi connectivity index (χ1) is 12.8. The highest BCUT2D eigenvalue weighted by molar-refractivity contribution is 5.39. The minimum absolute atomic E-state index is 0.588. The van der Waals surface area contributed by atoms with E-state index in [4.69, 9.17) is 15.0 Å². The lowest BCUT2D eigenvalue weighted by molar-refractivity contribution is 0.240. The Bertz CT molecular complexity index is 877. The van der Waals surface area contributed by atoms with E-state index in [1.54, 1.807) is 0 Å². The number of nitrogens with zero attached hydrogens (tertiary/aromatic N) is 5. The van der Waals surface area contributed by atoms with Crippen molar-refractivity contribution in [3.8, 4) is 0 Å². The molecule has 0 amide bonds. The highest BCUT2D eigenvalue weighted by Gasteiger charge is 2.23. The zero-order valence-corrected chi connectivity index (χ0v) is 15.1. The number of hydrogen-bond donors (Lipinski definition) is 0. The zero-order chi connectivity index (χ0) is 17.3. The Morgan fingerprint density at radius 1 is 1.08 bits per heavy atom. The third kappa shape index (κ3) is 3.12. The van der Waals surface area contributed by atoms with Gasteiger partial charge in [-0.15, -0.1) is 0 Å². The van der Waals surface area contributed by atoms with Crippen molar-refractivity contribution in [2.75, 3.05) is 6.54 Å². The van der Waals surface area contributed by atoms with Crippen LogP contribution in [0.5, 0.6) is 0 Å². The molecule has 1 saturated carbocycles. The maximum absolute atomic E-state index is 4.96. The van der Waals surface area contributed by atoms with Gasteiger partial charge >= 0.3 is 0 Å². The van der Waals surface area contributed by atoms with Gasteiger partial charge < -0.3 is 4.40 Å². The number of aromatic nitrogens is 4. The first-order valence-electron chi connectivity index (χ1n) is 9.85. The van der Waals surface area contributed by atoms with E-state index in [0.29, 0.717) is 5.92 Å². The van der Waals surface area contributed by atoms with E-state index >= 15 is 0 Å². The standard InChI is InChI=1S/C21H25N5/c1-2-6-16(7-3-1)21-22-12-17-13-25(11-9-19(17)24-21)14-18-15-26-10-5-4-8-20(26)23-18/h4-5,8,10,12,15-16H,1-3,6-7,9,11,13-14H2. The Kier molecular flexibility index (Phi) is 4.17. The van der Waals surface area contributed by atoms with Crippen LogP contribution in [0, 0.1) is 0 Å². The molecule has 0 bridgehead atoms. The average Bonchev–Trinajstić information content (AvgIpc) is 3.10. The molecular weight excluding hydrogens is 322 g/mol. The summed E-state index contributed by atoms with van der Waals surface area (Å²) in [6.07, 6.45) is 13.9. The molecular formula is C21H25N5. The molecule has 3 aromatic heterocycles. The van der Waals surface area contributed by atoms with E-state index < -0.39 is 0 Å². The van der Waals surface area contributed by atoms with Crippen LogP contribution in [-0.4, -0.2) is 30.8 Å². The highest BCUT2D eigenvalue weighted by atomic mass is 15.2. The van der Waals surface area contributed by atoms with Crippen LogP contribution >= 0.6 is 0 Å². The number of hydrogen-bond acceptors (Lipinski definition) is 4. The fourth-order valence-electron chi connectivity index (χ4n) is 4.37. The predicted molar refractivity (Wildman–Crippen MR) is 101 cm³/mol. The van der Waals surface area contributed by atoms with Crippen molar-refractivity contribution in [1.29, 1.82) is 0 Å². The van der Waals surface area contributed by atoms with Gasteiger partial charge in [-0.3, -0.25) is 4.90 Å². The maximum Gasteiger partial charge on any atom is 0.137 e. The lowest BCUT2D eigenvalue weighted by atomic mass is 9.88. The van der Waals surface area contributed by atoms with Crippen molar-refractivity contribution in [2.24, 2.45) is 0 Å². The van der Waals surface area contributed by atoms with Crippen molar-refractivity contribution in [2.45, 2.75) is 57.5 Å². The number of rotatable bonds is 3. The quantitative estimate of drug-likeness (QED) is 0.724. The van der Waals surface area contributed by atoms with Crippen molar-refractivity contribution >= 4 is 5.65 Å². The van der Waals surface area contributed by atoms with Crippen LogP contribution in [0.2, 0.25) is 0 Å². The van der Waals surface area contributed by atoms with Gasteiger partial charge in [0.1, 0.15) is 11.5 Å². The second-order valence-corrected chi connectivity index (χ2v) is 7.69. The van der Waals surface area contributed by atoms with Gasteiger partial charge in [0.15, 0.2) is 0 Å². The van der Waals surface area contributed by atoms with Crippen molar-refractivity contribution in [3.63, 3.8) is 0 Å². The summed E-state index contributed by atoms with van der Waals surface area (Å²) < 4.78 is 2.09. The smallest absolute Gasteiger partial charge is 0.137 e. The van der Waals surface area contributed by atoms with Crippen LogP contribution in [0.15, 0.2) is 36.8 Å². The summed E-state index contributed by atoms with van der Waals surface area (Å²) in [6, 6.07) is 6.12. The molecule has 0 spiro atoms. The van der Waals surface area contributed by atoms with Gasteiger partial charge in [-0.1, -0.05) is 25.3 Å². The maximum atomic E-state index is 4.96. The van der Waals surface area contributed by atoms with Crippen molar-refractivity contribution in [3.05, 3.63) is 59.6 Å². The predicted octanol–water partition coefficient (Wildman–Crippen LogP) is 3.73. The Balaban J connectivity index is 1.30. The minimum atomic E-state index is 0.588. The molecule has 26 heavy (non-hydrogen) atoms. The number of pyridine rings is 1. The fraction of sp³-hybridized carbons (Fsp3) is 0.476. The summed E-state index contributed by atoms with van der Waals surface area (Å²) in [5.41, 5.74) is 4.70. The normalized spacial score (nSPS) is 18.9. The summed E-state index contributed by atoms with van der Waals surface area (Å²) in [4.78, 5) is 16.9. The second kappa shape index (κ2) is 6.80. The summed E-state index contributed by atoms with van der Waals surface area (Å²) >= 11 is 0. The fourth-order valence-corrected chi connectivity index (χ4v) is 4.37. The summed E-state index contributed by atoms with van der Waals surface area (Å²) in [5, 5.41) is 0. The molecule has 1 aliphatic carbocycles. The summed E-state index contributed by atoms with van der Waals surface area (Å²) in [5.74, 6) is 1.68. The Labute approximate surface area is 154 Å². The topological polar surface area (TPSA) is 46.3 Å². The third-order valence-electron chi connectivity index (χ3n) is 5.80. The Morgan fingerprint density at radius 2 is 2.00 bits per heavy atom. The van der Waals surface area contributed by atoms with Gasteiger partial charge in [-0.05, 0) is 25.0 Å². The second-order valence-electron chi connectivity index (χ2n) is 7.69. The molecule has 0 saturated heterocycles. The SMILES string of the molecule is c1ccn2cc(CN3CCc4nc(C5CCCCC5)ncc4C3)nc2c1. The molecule has 0 radical (unpaired) electrons. The van der Waals surface area contributed by atoms with Crippen LogP contribution in [0.25, 0.3) is 5.65 Å². The monoisotopic (exact) mass is 347 g/mol. The average molecular weight is 347 g/mol. The van der Waals surface area contributed by atoms with Gasteiger partial charge in [-0.25, -0.2) is 15.0 Å². The van der Waals surface area contributed by atoms with Gasteiger partial charge in [0.05, 0.1) is 5.69 Å². The third-order valence-corrected chi connectivity index (χ3v) is 5.80. The van der Waals surface area contributed by atoms with Crippen LogP contribution in [0.3, 0.4) is 0 Å². The minimum Gasteiger partial charge on any atom is -0.307 e. The number of fused-ring (bicyclic) bond motifs is 2. The zero-order valence-electron chi connectivity index (χ0n) is 15.1. The van der Waals surface area contributed by atoms with Gasteiger partial charge in [0.2, 0.25) is 0 Å². The molecule has 3 aromatic rings. The molecule has 1 aliphatic heterocycles. The van der Waals surface area contributed by atoms with Crippen molar-refractivity contribution < 1.29 is 0 Å². The van der Waals surface area contributed by atoms with Crippen LogP contribution in [0.4, 0.5) is 0 Å². The molecule has 2 aliphatic rings. The Hall–Kier alpha value is -2.27. The highest BCUT2D eigenvalue weighted by Crippen LogP contribution is 2.31. The molecule has 4 heterocycles. The number of imidazole rings is 1. The lowest BCUT2D eigenvalue weighted by Gasteiger charge is -2.28. The molecule has 0 unspecified atom stereocenters. The summed E-state index contributed by atoms with van der Waals surface area (Å²) in [6.45, 7) is 2.85. The van der Waals surface area contributed by atoms with Crippen LogP contribution in [-0.2, 0) is 19.5 Å². The first-order valence-corrected chi connectivity index (χ1v) is 9.85. The van der Waals surface area contributed by atoms with E-state index in [9.17, 15) is 0 Å². The molecule has 134 valence electrons. The molecule has 5 nitrogen and oxygen atoms in total. The summed E-state index contributed by atoms with van der Waals surface area (Å²) in [7, 11) is 0. The van der Waals surface area contributed by atoms with Crippen LogP contribution < -0.4 is 0 Å². The molecule has 0 N–H and O–H groups in total. The largest absolute Gasteiger partial charge is 0.307 e. The Morgan fingerprint density at radius 3 is 2.88 bits per heavy atom. The van der Waals surface area contributed by atoms with Crippen LogP contribution in [0.1, 0.15) is 60.8 Å². The molecule has 0 aromatic carbocycles. The van der Waals surface area contributed by atoms with E-state index in [1.165, 1.54) is 43.4 Å². The van der Waals surface area contributed by atoms with Crippen molar-refractivity contribution in [1.82, 2.24) is 24.3 Å². The first kappa shape index (κ1) is 15.9.